The second kappa shape index (κ2) is 5.60. The van der Waals surface area contributed by atoms with Gasteiger partial charge in [0.15, 0.2) is 0 Å². The van der Waals surface area contributed by atoms with E-state index in [9.17, 15) is 13.2 Å². The fourth-order valence-electron chi connectivity index (χ4n) is 3.66. The molecule has 0 radical (unpaired) electrons. The van der Waals surface area contributed by atoms with Crippen molar-refractivity contribution in [2.75, 3.05) is 0 Å². The maximum Gasteiger partial charge on any atom is 0.309 e. The third-order valence-corrected chi connectivity index (χ3v) is 6.52. The minimum Gasteiger partial charge on any atom is -0.459 e. The molecular formula is C17H22O5S. The number of hydrogen-bond donors (Lipinski definition) is 0. The summed E-state index contributed by atoms with van der Waals surface area (Å²) in [6, 6.07) is 6.62. The Labute approximate surface area is 137 Å². The van der Waals surface area contributed by atoms with Crippen LogP contribution in [0.15, 0.2) is 29.2 Å². The van der Waals surface area contributed by atoms with Crippen LogP contribution in [0.5, 0.6) is 0 Å². The molecule has 2 fully saturated rings. The molecule has 4 atom stereocenters. The van der Waals surface area contributed by atoms with Crippen LogP contribution in [-0.2, 0) is 23.8 Å². The Morgan fingerprint density at radius 1 is 1.26 bits per heavy atom. The van der Waals surface area contributed by atoms with Crippen LogP contribution in [0, 0.1) is 18.8 Å². The summed E-state index contributed by atoms with van der Waals surface area (Å²) in [6.45, 7) is 5.68. The first-order valence-electron chi connectivity index (χ1n) is 7.94. The zero-order chi connectivity index (χ0) is 16.8. The van der Waals surface area contributed by atoms with Gasteiger partial charge >= 0.3 is 5.97 Å². The largest absolute Gasteiger partial charge is 0.459 e. The number of ether oxygens (including phenoxy) is 1. The highest BCUT2D eigenvalue weighted by Gasteiger charge is 2.54. The van der Waals surface area contributed by atoms with Crippen LogP contribution in [0.4, 0.5) is 0 Å². The van der Waals surface area contributed by atoms with Gasteiger partial charge in [0.05, 0.1) is 16.9 Å². The molecule has 5 nitrogen and oxygen atoms in total. The Morgan fingerprint density at radius 2 is 1.91 bits per heavy atom. The minimum atomic E-state index is -3.78. The summed E-state index contributed by atoms with van der Waals surface area (Å²) in [5.74, 6) is -0.407. The number of aryl methyl sites for hydroxylation is 1. The Bertz CT molecular complexity index is 709. The topological polar surface area (TPSA) is 69.7 Å². The third-order valence-electron chi connectivity index (χ3n) is 5.15. The summed E-state index contributed by atoms with van der Waals surface area (Å²) in [5.41, 5.74) is 0.511. The molecule has 0 spiro atoms. The van der Waals surface area contributed by atoms with Gasteiger partial charge in [-0.05, 0) is 45.2 Å². The van der Waals surface area contributed by atoms with E-state index in [0.29, 0.717) is 19.3 Å². The van der Waals surface area contributed by atoms with E-state index < -0.39 is 21.8 Å². The summed E-state index contributed by atoms with van der Waals surface area (Å²) >= 11 is 0. The second-order valence-electron chi connectivity index (χ2n) is 6.89. The Morgan fingerprint density at radius 3 is 2.57 bits per heavy atom. The highest BCUT2D eigenvalue weighted by molar-refractivity contribution is 7.86. The van der Waals surface area contributed by atoms with Crippen molar-refractivity contribution in [3.63, 3.8) is 0 Å². The molecule has 0 unspecified atom stereocenters. The number of hydrogen-bond acceptors (Lipinski definition) is 5. The number of fused-ring (bicyclic) bond motifs is 1. The summed E-state index contributed by atoms with van der Waals surface area (Å²) < 4.78 is 35.8. The van der Waals surface area contributed by atoms with Gasteiger partial charge in [0.1, 0.15) is 5.60 Å². The monoisotopic (exact) mass is 338 g/mol. The van der Waals surface area contributed by atoms with Gasteiger partial charge in [0.2, 0.25) is 0 Å². The van der Waals surface area contributed by atoms with Crippen LogP contribution in [-0.4, -0.2) is 26.1 Å². The predicted octanol–water partition coefficient (Wildman–Crippen LogP) is 2.82. The first-order chi connectivity index (χ1) is 10.7. The van der Waals surface area contributed by atoms with Gasteiger partial charge in [-0.3, -0.25) is 8.98 Å². The fraction of sp³-hybridized carbons (Fsp3) is 0.588. The van der Waals surface area contributed by atoms with Crippen molar-refractivity contribution in [3.8, 4) is 0 Å². The first-order valence-corrected chi connectivity index (χ1v) is 9.35. The van der Waals surface area contributed by atoms with E-state index in [1.807, 2.05) is 20.8 Å². The molecule has 23 heavy (non-hydrogen) atoms. The Balaban J connectivity index is 1.74. The van der Waals surface area contributed by atoms with Crippen LogP contribution >= 0.6 is 0 Å². The highest BCUT2D eigenvalue weighted by atomic mass is 32.2. The molecule has 1 heterocycles. The van der Waals surface area contributed by atoms with Crippen molar-refractivity contribution in [3.05, 3.63) is 29.8 Å². The van der Waals surface area contributed by atoms with Gasteiger partial charge in [-0.1, -0.05) is 24.6 Å². The molecule has 0 bridgehead atoms. The van der Waals surface area contributed by atoms with E-state index in [-0.39, 0.29) is 22.7 Å². The summed E-state index contributed by atoms with van der Waals surface area (Å²) in [5, 5.41) is 0. The molecule has 1 saturated carbocycles. The van der Waals surface area contributed by atoms with Crippen LogP contribution in [0.1, 0.15) is 38.7 Å². The molecule has 126 valence electrons. The maximum absolute atomic E-state index is 12.4. The number of rotatable bonds is 3. The average molecular weight is 338 g/mol. The SMILES string of the molecule is Cc1ccc(S(=O)(=O)O[C@@H]2CC[C@@]3(C)OC(=O)[C@H](C)[C@H]3C2)cc1. The van der Waals surface area contributed by atoms with Crippen molar-refractivity contribution in [1.82, 2.24) is 0 Å². The van der Waals surface area contributed by atoms with Crippen LogP contribution in [0.2, 0.25) is 0 Å². The predicted molar refractivity (Wildman–Crippen MR) is 84.2 cm³/mol. The van der Waals surface area contributed by atoms with Crippen molar-refractivity contribution in [2.45, 2.75) is 56.6 Å². The Kier molecular flexibility index (Phi) is 4.01. The molecular weight excluding hydrogens is 316 g/mol. The standard InChI is InChI=1S/C17H22O5S/c1-11-4-6-14(7-5-11)23(19,20)22-13-8-9-17(3)15(10-13)12(2)16(18)21-17/h4-7,12-13,15H,8-10H2,1-3H3/t12-,13-,15-,17-/m1/s1. The highest BCUT2D eigenvalue weighted by Crippen LogP contribution is 2.47. The van der Waals surface area contributed by atoms with E-state index in [1.54, 1.807) is 24.3 Å². The Hall–Kier alpha value is -1.40. The molecule has 1 aromatic rings. The van der Waals surface area contributed by atoms with Crippen LogP contribution in [0.3, 0.4) is 0 Å². The number of esters is 1. The lowest BCUT2D eigenvalue weighted by Crippen LogP contribution is -2.42. The number of carbonyl (C=O) groups is 1. The number of carbonyl (C=O) groups excluding carboxylic acids is 1. The average Bonchev–Trinajstić information content (AvgIpc) is 2.70. The minimum absolute atomic E-state index is 0.00182. The van der Waals surface area contributed by atoms with E-state index >= 15 is 0 Å². The molecule has 6 heteroatoms. The van der Waals surface area contributed by atoms with Gasteiger partial charge in [-0.15, -0.1) is 0 Å². The number of benzene rings is 1. The van der Waals surface area contributed by atoms with Crippen LogP contribution < -0.4 is 0 Å². The molecule has 0 aromatic heterocycles. The smallest absolute Gasteiger partial charge is 0.309 e. The first kappa shape index (κ1) is 16.5. The quantitative estimate of drug-likeness (QED) is 0.626. The van der Waals surface area contributed by atoms with Crippen molar-refractivity contribution >= 4 is 16.1 Å². The van der Waals surface area contributed by atoms with Crippen molar-refractivity contribution < 1.29 is 22.1 Å². The second-order valence-corrected chi connectivity index (χ2v) is 8.46. The fourth-order valence-corrected chi connectivity index (χ4v) is 4.77. The molecule has 1 saturated heterocycles. The molecule has 0 amide bonds. The molecule has 1 aromatic carbocycles. The van der Waals surface area contributed by atoms with Gasteiger partial charge in [0.25, 0.3) is 10.1 Å². The van der Waals surface area contributed by atoms with Crippen LogP contribution in [0.25, 0.3) is 0 Å². The van der Waals surface area contributed by atoms with Gasteiger partial charge in [0, 0.05) is 5.92 Å². The van der Waals surface area contributed by atoms with E-state index in [1.165, 1.54) is 0 Å². The summed E-state index contributed by atoms with van der Waals surface area (Å²) in [7, 11) is -3.78. The summed E-state index contributed by atoms with van der Waals surface area (Å²) in [6.07, 6.45) is 1.31. The lowest BCUT2D eigenvalue weighted by Gasteiger charge is -2.38. The van der Waals surface area contributed by atoms with E-state index in [4.69, 9.17) is 8.92 Å². The van der Waals surface area contributed by atoms with Gasteiger partial charge in [-0.25, -0.2) is 0 Å². The normalized spacial score (nSPS) is 34.0. The zero-order valence-electron chi connectivity index (χ0n) is 13.6. The molecule has 0 N–H and O–H groups in total. The zero-order valence-corrected chi connectivity index (χ0v) is 14.4. The molecule has 1 aliphatic heterocycles. The van der Waals surface area contributed by atoms with E-state index in [0.717, 1.165) is 5.56 Å². The van der Waals surface area contributed by atoms with Gasteiger partial charge in [-0.2, -0.15) is 8.42 Å². The third kappa shape index (κ3) is 3.02. The lowest BCUT2D eigenvalue weighted by molar-refractivity contribution is -0.151. The summed E-state index contributed by atoms with van der Waals surface area (Å²) in [4.78, 5) is 12.0. The molecule has 2 aliphatic rings. The van der Waals surface area contributed by atoms with Crippen molar-refractivity contribution in [1.29, 1.82) is 0 Å². The molecule has 3 rings (SSSR count). The molecule has 1 aliphatic carbocycles. The maximum atomic E-state index is 12.4. The lowest BCUT2D eigenvalue weighted by atomic mass is 9.72. The van der Waals surface area contributed by atoms with Gasteiger partial charge < -0.3 is 4.74 Å². The van der Waals surface area contributed by atoms with Crippen molar-refractivity contribution in [2.24, 2.45) is 11.8 Å². The van der Waals surface area contributed by atoms with E-state index in [2.05, 4.69) is 0 Å².